The third-order valence-corrected chi connectivity index (χ3v) is 6.63. The minimum atomic E-state index is -1.30. The minimum absolute atomic E-state index is 0.174. The van der Waals surface area contributed by atoms with Gasteiger partial charge in [0.2, 0.25) is 5.91 Å². The topological polar surface area (TPSA) is 182 Å². The fourth-order valence-electron chi connectivity index (χ4n) is 4.53. The molecule has 2 heterocycles. The number of nitrogens with one attached hydrogen (secondary N) is 1. The molecule has 5 atom stereocenters. The van der Waals surface area contributed by atoms with E-state index in [-0.39, 0.29) is 25.2 Å². The van der Waals surface area contributed by atoms with Crippen LogP contribution in [0.5, 0.6) is 5.75 Å². The number of aromatic nitrogens is 1. The fraction of sp³-hybridized carbons (Fsp3) is 0.435. The van der Waals surface area contributed by atoms with Crippen molar-refractivity contribution in [1.29, 1.82) is 0 Å². The number of nitrogens with zero attached hydrogens (tertiary/aromatic N) is 3. The molecule has 1 aromatic carbocycles. The lowest BCUT2D eigenvalue weighted by atomic mass is 10.0. The average molecular weight is 551 g/mol. The molecule has 2 aromatic rings. The number of carbonyl (C=O) groups excluding carboxylic acids is 2. The molecule has 1 fully saturated rings. The van der Waals surface area contributed by atoms with Gasteiger partial charge in [0.05, 0.1) is 12.3 Å². The molecular formula is C23H23ClN4O10. The second-order valence-electron chi connectivity index (χ2n) is 8.90. The van der Waals surface area contributed by atoms with Gasteiger partial charge < -0.3 is 24.5 Å². The first-order valence-electron chi connectivity index (χ1n) is 11.5. The Kier molecular flexibility index (Phi) is 7.92. The molecule has 0 bridgehead atoms. The second kappa shape index (κ2) is 11.1. The van der Waals surface area contributed by atoms with Crippen LogP contribution in [0.2, 0.25) is 5.02 Å². The van der Waals surface area contributed by atoms with E-state index < -0.39 is 52.3 Å². The highest BCUT2D eigenvalue weighted by Crippen LogP contribution is 2.41. The lowest BCUT2D eigenvalue weighted by Gasteiger charge is -2.18. The third-order valence-electron chi connectivity index (χ3n) is 6.38. The number of hydrogen-bond acceptors (Lipinski definition) is 11. The van der Waals surface area contributed by atoms with Gasteiger partial charge >= 0.3 is 5.97 Å². The molecule has 2 aliphatic rings. The van der Waals surface area contributed by atoms with Crippen LogP contribution in [0.1, 0.15) is 48.3 Å². The molecule has 1 saturated carbocycles. The monoisotopic (exact) mass is 550 g/mol. The number of halogens is 1. The Morgan fingerprint density at radius 1 is 1.13 bits per heavy atom. The van der Waals surface area contributed by atoms with E-state index in [0.717, 1.165) is 11.1 Å². The summed E-state index contributed by atoms with van der Waals surface area (Å²) < 4.78 is 11.5. The molecule has 1 amide bonds. The van der Waals surface area contributed by atoms with Gasteiger partial charge in [-0.05, 0) is 44.4 Å². The van der Waals surface area contributed by atoms with Crippen LogP contribution in [-0.4, -0.2) is 45.3 Å². The second-order valence-corrected chi connectivity index (χ2v) is 9.34. The number of hydrogen-bond donors (Lipinski definition) is 1. The predicted molar refractivity (Wildman–Crippen MR) is 127 cm³/mol. The van der Waals surface area contributed by atoms with Gasteiger partial charge in [-0.25, -0.2) is 4.79 Å². The smallest absolute Gasteiger partial charge is 0.333 e. The molecule has 15 heteroatoms. The first-order chi connectivity index (χ1) is 18.0. The number of benzene rings is 1. The summed E-state index contributed by atoms with van der Waals surface area (Å²) in [6.45, 7) is 3.25. The standard InChI is InChI=1S/C23H23ClN4O10/c1-11-20(17-10-35-21(16(17)9-25-11)13-3-5-15(24)6-4-13)36-23(30)12(2)26-22(29)14-7-18(37-27(31)32)19(8-14)38-28(33)34/h3-6,9,12,14,18-19,21H,7-8,10H2,1-2H3,(H,26,29)/t12-,14?,18-,19+,21+/m1/s1. The summed E-state index contributed by atoms with van der Waals surface area (Å²) >= 11 is 5.98. The van der Waals surface area contributed by atoms with Crippen LogP contribution in [0.25, 0.3) is 0 Å². The van der Waals surface area contributed by atoms with E-state index in [1.54, 1.807) is 25.3 Å². The van der Waals surface area contributed by atoms with Crippen LogP contribution in [0.4, 0.5) is 0 Å². The van der Waals surface area contributed by atoms with Crippen molar-refractivity contribution in [1.82, 2.24) is 10.3 Å². The van der Waals surface area contributed by atoms with Crippen LogP contribution < -0.4 is 10.1 Å². The minimum Gasteiger partial charge on any atom is -0.423 e. The summed E-state index contributed by atoms with van der Waals surface area (Å²) in [5.74, 6) is -2.12. The Balaban J connectivity index is 1.42. The zero-order valence-electron chi connectivity index (χ0n) is 20.2. The molecule has 1 aliphatic carbocycles. The highest BCUT2D eigenvalue weighted by atomic mass is 35.5. The molecule has 1 unspecified atom stereocenters. The SMILES string of the molecule is Cc1ncc2c(c1OC(=O)[C@@H](C)NC(=O)C1C[C@H](O[N+](=O)[O-])[C@H](O[N+](=O)[O-])C1)CO[C@H]2c1ccc(Cl)cc1. The lowest BCUT2D eigenvalue weighted by molar-refractivity contribution is -0.797. The molecule has 14 nitrogen and oxygen atoms in total. The van der Waals surface area contributed by atoms with E-state index in [4.69, 9.17) is 21.1 Å². The Bertz CT molecular complexity index is 1230. The zero-order valence-corrected chi connectivity index (χ0v) is 21.0. The molecule has 4 rings (SSSR count). The van der Waals surface area contributed by atoms with Gasteiger partial charge in [-0.2, -0.15) is 0 Å². The number of esters is 1. The quantitative estimate of drug-likeness (QED) is 0.275. The molecule has 0 saturated heterocycles. The number of amides is 1. The Morgan fingerprint density at radius 3 is 2.32 bits per heavy atom. The molecule has 1 N–H and O–H groups in total. The number of pyridine rings is 1. The van der Waals surface area contributed by atoms with Gasteiger partial charge in [0, 0.05) is 28.3 Å². The average Bonchev–Trinajstić information content (AvgIpc) is 3.45. The molecule has 1 aromatic heterocycles. The summed E-state index contributed by atoms with van der Waals surface area (Å²) in [6, 6.07) is 6.03. The number of ether oxygens (including phenoxy) is 2. The van der Waals surface area contributed by atoms with Gasteiger partial charge in [0.25, 0.3) is 10.2 Å². The van der Waals surface area contributed by atoms with Crippen molar-refractivity contribution in [2.45, 2.75) is 57.6 Å². The Hall–Kier alpha value is -4.04. The van der Waals surface area contributed by atoms with E-state index >= 15 is 0 Å². The predicted octanol–water partition coefficient (Wildman–Crippen LogP) is 2.64. The van der Waals surface area contributed by atoms with Crippen LogP contribution in [0.15, 0.2) is 30.5 Å². The van der Waals surface area contributed by atoms with Crippen molar-refractivity contribution < 1.29 is 38.9 Å². The lowest BCUT2D eigenvalue weighted by Crippen LogP contribution is -2.43. The maximum absolute atomic E-state index is 12.9. The van der Waals surface area contributed by atoms with Gasteiger partial charge in [0.15, 0.2) is 5.75 Å². The summed E-state index contributed by atoms with van der Waals surface area (Å²) in [6.07, 6.45) is -1.77. The molecule has 0 radical (unpaired) electrons. The highest BCUT2D eigenvalue weighted by molar-refractivity contribution is 6.30. The van der Waals surface area contributed by atoms with Crippen LogP contribution in [-0.2, 0) is 30.6 Å². The molecule has 38 heavy (non-hydrogen) atoms. The number of carbonyl (C=O) groups is 2. The van der Waals surface area contributed by atoms with E-state index in [1.165, 1.54) is 6.92 Å². The van der Waals surface area contributed by atoms with Gasteiger partial charge in [-0.15, -0.1) is 20.2 Å². The Morgan fingerprint density at radius 2 is 1.74 bits per heavy atom. The first kappa shape index (κ1) is 27.0. The maximum atomic E-state index is 12.9. The Labute approximate surface area is 220 Å². The third kappa shape index (κ3) is 5.92. The zero-order chi connectivity index (χ0) is 27.6. The van der Waals surface area contributed by atoms with Gasteiger partial charge in [0.1, 0.15) is 24.4 Å². The molecule has 1 aliphatic heterocycles. The maximum Gasteiger partial charge on any atom is 0.333 e. The summed E-state index contributed by atoms with van der Waals surface area (Å²) in [4.78, 5) is 60.2. The number of fused-ring (bicyclic) bond motifs is 1. The van der Waals surface area contributed by atoms with E-state index in [2.05, 4.69) is 20.0 Å². The molecule has 0 spiro atoms. The number of rotatable bonds is 9. The molecule has 202 valence electrons. The largest absolute Gasteiger partial charge is 0.423 e. The summed E-state index contributed by atoms with van der Waals surface area (Å²) in [7, 11) is 0. The van der Waals surface area contributed by atoms with E-state index in [0.29, 0.717) is 16.3 Å². The summed E-state index contributed by atoms with van der Waals surface area (Å²) in [5.41, 5.74) is 2.69. The van der Waals surface area contributed by atoms with Crippen LogP contribution in [0, 0.1) is 33.1 Å². The first-order valence-corrected chi connectivity index (χ1v) is 11.9. The fourth-order valence-corrected chi connectivity index (χ4v) is 4.66. The van der Waals surface area contributed by atoms with Crippen LogP contribution >= 0.6 is 11.6 Å². The van der Waals surface area contributed by atoms with Crippen molar-refractivity contribution >= 4 is 23.5 Å². The normalized spacial score (nSPS) is 22.7. The van der Waals surface area contributed by atoms with Crippen molar-refractivity contribution in [2.24, 2.45) is 5.92 Å². The van der Waals surface area contributed by atoms with Crippen molar-refractivity contribution in [3.8, 4) is 5.75 Å². The highest BCUT2D eigenvalue weighted by Gasteiger charge is 2.43. The van der Waals surface area contributed by atoms with Crippen LogP contribution in [0.3, 0.4) is 0 Å². The number of aryl methyl sites for hydroxylation is 1. The van der Waals surface area contributed by atoms with Crippen molar-refractivity contribution in [3.63, 3.8) is 0 Å². The van der Waals surface area contributed by atoms with E-state index in [1.807, 2.05) is 12.1 Å². The van der Waals surface area contributed by atoms with Gasteiger partial charge in [-0.1, -0.05) is 23.7 Å². The summed E-state index contributed by atoms with van der Waals surface area (Å²) in [5, 5.41) is 22.3. The van der Waals surface area contributed by atoms with E-state index in [9.17, 15) is 29.8 Å². The van der Waals surface area contributed by atoms with Crippen molar-refractivity contribution in [2.75, 3.05) is 0 Å². The van der Waals surface area contributed by atoms with Gasteiger partial charge in [-0.3, -0.25) is 9.78 Å². The van der Waals surface area contributed by atoms with Crippen molar-refractivity contribution in [3.05, 3.63) is 78.1 Å². The molecular weight excluding hydrogens is 528 g/mol.